The van der Waals surface area contributed by atoms with E-state index in [2.05, 4.69) is 31.0 Å². The number of esters is 1. The summed E-state index contributed by atoms with van der Waals surface area (Å²) in [6, 6.07) is 0.897. The van der Waals surface area contributed by atoms with Crippen molar-refractivity contribution in [3.05, 3.63) is 0 Å². The Morgan fingerprint density at radius 1 is 1.50 bits per heavy atom. The predicted octanol–water partition coefficient (Wildman–Crippen LogP) is 2.18. The molecule has 2 atom stereocenters. The van der Waals surface area contributed by atoms with Crippen molar-refractivity contribution in [2.75, 3.05) is 20.2 Å². The highest BCUT2D eigenvalue weighted by molar-refractivity contribution is 5.80. The number of likely N-dealkylation sites (tertiary alicyclic amines) is 1. The normalized spacial score (nSPS) is 27.1. The van der Waals surface area contributed by atoms with Gasteiger partial charge in [-0.05, 0) is 51.5 Å². The van der Waals surface area contributed by atoms with Crippen LogP contribution in [0.3, 0.4) is 0 Å². The number of nitrogens with zero attached hydrogens (tertiary/aromatic N) is 1. The van der Waals surface area contributed by atoms with Gasteiger partial charge in [0.2, 0.25) is 0 Å². The molecule has 1 aliphatic carbocycles. The van der Waals surface area contributed by atoms with Crippen LogP contribution in [0.5, 0.6) is 0 Å². The van der Waals surface area contributed by atoms with Gasteiger partial charge in [-0.1, -0.05) is 13.8 Å². The number of nitrogens with one attached hydrogen (secondary N) is 1. The van der Waals surface area contributed by atoms with E-state index in [0.717, 1.165) is 19.5 Å². The molecular weight excluding hydrogens is 252 g/mol. The first-order valence-electron chi connectivity index (χ1n) is 7.86. The first-order valence-corrected chi connectivity index (χ1v) is 7.86. The van der Waals surface area contributed by atoms with Gasteiger partial charge in [0.15, 0.2) is 0 Å². The van der Waals surface area contributed by atoms with E-state index < -0.39 is 5.54 Å². The average Bonchev–Trinajstić information content (AvgIpc) is 3.09. The van der Waals surface area contributed by atoms with Crippen molar-refractivity contribution in [3.8, 4) is 0 Å². The number of carbonyl (C=O) groups excluding carboxylic acids is 1. The van der Waals surface area contributed by atoms with E-state index in [9.17, 15) is 4.79 Å². The second-order valence-corrected chi connectivity index (χ2v) is 7.68. The largest absolute Gasteiger partial charge is 0.468 e. The summed E-state index contributed by atoms with van der Waals surface area (Å²) in [6.45, 7) is 11.1. The summed E-state index contributed by atoms with van der Waals surface area (Å²) in [4.78, 5) is 14.7. The fourth-order valence-electron chi connectivity index (χ4n) is 3.35. The number of hydrogen-bond acceptors (Lipinski definition) is 4. The molecule has 4 heteroatoms. The first-order chi connectivity index (χ1) is 9.26. The van der Waals surface area contributed by atoms with E-state index >= 15 is 0 Å². The number of hydrogen-bond donors (Lipinski definition) is 1. The molecule has 0 bridgehead atoms. The molecule has 1 saturated carbocycles. The third-order valence-corrected chi connectivity index (χ3v) is 4.77. The van der Waals surface area contributed by atoms with Crippen LogP contribution in [0.2, 0.25) is 0 Å². The Kier molecular flexibility index (Phi) is 4.45. The molecular formula is C16H30N2O2. The van der Waals surface area contributed by atoms with Gasteiger partial charge in [-0.3, -0.25) is 10.1 Å². The lowest BCUT2D eigenvalue weighted by Crippen LogP contribution is -2.54. The first kappa shape index (κ1) is 15.8. The van der Waals surface area contributed by atoms with E-state index in [1.54, 1.807) is 0 Å². The number of methoxy groups -OCH3 is 1. The molecule has 20 heavy (non-hydrogen) atoms. The van der Waals surface area contributed by atoms with Gasteiger partial charge in [-0.25, -0.2) is 0 Å². The lowest BCUT2D eigenvalue weighted by atomic mass is 9.91. The smallest absolute Gasteiger partial charge is 0.325 e. The van der Waals surface area contributed by atoms with Crippen molar-refractivity contribution in [3.63, 3.8) is 0 Å². The third-order valence-electron chi connectivity index (χ3n) is 4.77. The molecule has 0 aromatic rings. The summed E-state index contributed by atoms with van der Waals surface area (Å²) in [5.41, 5.74) is -0.151. The molecule has 1 N–H and O–H groups in total. The van der Waals surface area contributed by atoms with E-state index in [1.807, 2.05) is 6.92 Å². The summed E-state index contributed by atoms with van der Waals surface area (Å²) in [6.07, 6.45) is 4.41. The maximum Gasteiger partial charge on any atom is 0.325 e. The van der Waals surface area contributed by atoms with Crippen LogP contribution in [0.1, 0.15) is 53.4 Å². The second-order valence-electron chi connectivity index (χ2n) is 7.68. The molecule has 2 unspecified atom stereocenters. The third kappa shape index (κ3) is 3.73. The van der Waals surface area contributed by atoms with Gasteiger partial charge in [0, 0.05) is 18.6 Å². The van der Waals surface area contributed by atoms with Crippen LogP contribution in [0.4, 0.5) is 0 Å². The molecule has 116 valence electrons. The van der Waals surface area contributed by atoms with Crippen LogP contribution in [0.15, 0.2) is 0 Å². The van der Waals surface area contributed by atoms with E-state index in [-0.39, 0.29) is 5.97 Å². The Labute approximate surface area is 123 Å². The fourth-order valence-corrected chi connectivity index (χ4v) is 3.35. The van der Waals surface area contributed by atoms with Gasteiger partial charge in [-0.2, -0.15) is 0 Å². The minimum Gasteiger partial charge on any atom is -0.468 e. The SMILES string of the molecule is COC(=O)C(C)(CC(C)N1CCC(C)(C)C1)NC1CC1. The van der Waals surface area contributed by atoms with Crippen LogP contribution in [0.25, 0.3) is 0 Å². The van der Waals surface area contributed by atoms with Crippen LogP contribution in [-0.2, 0) is 9.53 Å². The van der Waals surface area contributed by atoms with Crippen LogP contribution < -0.4 is 5.32 Å². The maximum atomic E-state index is 12.2. The molecule has 0 amide bonds. The van der Waals surface area contributed by atoms with Gasteiger partial charge < -0.3 is 9.64 Å². The van der Waals surface area contributed by atoms with Gasteiger partial charge in [0.05, 0.1) is 7.11 Å². The zero-order valence-corrected chi connectivity index (χ0v) is 13.7. The van der Waals surface area contributed by atoms with E-state index in [0.29, 0.717) is 17.5 Å². The highest BCUT2D eigenvalue weighted by Gasteiger charge is 2.42. The highest BCUT2D eigenvalue weighted by atomic mass is 16.5. The molecule has 4 nitrogen and oxygen atoms in total. The van der Waals surface area contributed by atoms with Gasteiger partial charge in [-0.15, -0.1) is 0 Å². The Morgan fingerprint density at radius 2 is 2.15 bits per heavy atom. The van der Waals surface area contributed by atoms with Crippen LogP contribution >= 0.6 is 0 Å². The quantitative estimate of drug-likeness (QED) is 0.758. The zero-order chi connectivity index (χ0) is 15.0. The molecule has 2 fully saturated rings. The Balaban J connectivity index is 1.98. The topological polar surface area (TPSA) is 41.6 Å². The van der Waals surface area contributed by atoms with E-state index in [1.165, 1.54) is 26.4 Å². The predicted molar refractivity (Wildman–Crippen MR) is 80.6 cm³/mol. The molecule has 2 aliphatic rings. The average molecular weight is 282 g/mol. The summed E-state index contributed by atoms with van der Waals surface area (Å²) >= 11 is 0. The minimum atomic E-state index is -0.554. The molecule has 0 spiro atoms. The summed E-state index contributed by atoms with van der Waals surface area (Å²) in [5.74, 6) is -0.130. The fraction of sp³-hybridized carbons (Fsp3) is 0.938. The Morgan fingerprint density at radius 3 is 2.60 bits per heavy atom. The highest BCUT2D eigenvalue weighted by Crippen LogP contribution is 2.33. The summed E-state index contributed by atoms with van der Waals surface area (Å²) in [5, 5.41) is 3.49. The van der Waals surface area contributed by atoms with Crippen molar-refractivity contribution in [2.24, 2.45) is 5.41 Å². The van der Waals surface area contributed by atoms with Crippen molar-refractivity contribution >= 4 is 5.97 Å². The van der Waals surface area contributed by atoms with E-state index in [4.69, 9.17) is 4.74 Å². The number of ether oxygens (including phenoxy) is 1. The Bertz CT molecular complexity index is 365. The van der Waals surface area contributed by atoms with Crippen LogP contribution in [-0.4, -0.2) is 48.7 Å². The molecule has 1 saturated heterocycles. The van der Waals surface area contributed by atoms with Crippen molar-refractivity contribution in [1.82, 2.24) is 10.2 Å². The molecule has 1 heterocycles. The minimum absolute atomic E-state index is 0.130. The monoisotopic (exact) mass is 282 g/mol. The number of carbonyl (C=O) groups is 1. The summed E-state index contributed by atoms with van der Waals surface area (Å²) < 4.78 is 5.03. The summed E-state index contributed by atoms with van der Waals surface area (Å²) in [7, 11) is 1.48. The standard InChI is InChI=1S/C16H30N2O2/c1-12(18-9-8-15(2,3)11-18)10-16(4,14(19)20-5)17-13-6-7-13/h12-13,17H,6-11H2,1-5H3. The molecule has 1 aliphatic heterocycles. The van der Waals surface area contributed by atoms with Crippen LogP contribution in [0, 0.1) is 5.41 Å². The lowest BCUT2D eigenvalue weighted by Gasteiger charge is -2.35. The molecule has 0 radical (unpaired) electrons. The van der Waals surface area contributed by atoms with Crippen molar-refractivity contribution in [2.45, 2.75) is 71.0 Å². The number of rotatable bonds is 6. The van der Waals surface area contributed by atoms with Crippen molar-refractivity contribution < 1.29 is 9.53 Å². The van der Waals surface area contributed by atoms with Gasteiger partial charge >= 0.3 is 5.97 Å². The lowest BCUT2D eigenvalue weighted by molar-refractivity contribution is -0.149. The van der Waals surface area contributed by atoms with Gasteiger partial charge in [0.1, 0.15) is 5.54 Å². The maximum absolute atomic E-state index is 12.2. The molecule has 0 aromatic carbocycles. The zero-order valence-electron chi connectivity index (χ0n) is 13.7. The molecule has 0 aromatic heterocycles. The molecule has 2 rings (SSSR count). The van der Waals surface area contributed by atoms with Crippen molar-refractivity contribution in [1.29, 1.82) is 0 Å². The second kappa shape index (κ2) is 5.64. The van der Waals surface area contributed by atoms with Gasteiger partial charge in [0.25, 0.3) is 0 Å². The Hall–Kier alpha value is -0.610.